The van der Waals surface area contributed by atoms with Crippen LogP contribution < -0.4 is 4.74 Å². The van der Waals surface area contributed by atoms with Gasteiger partial charge in [-0.25, -0.2) is 0 Å². The number of nitrogens with zero attached hydrogens (tertiary/aromatic N) is 2. The maximum absolute atomic E-state index is 12.4. The Labute approximate surface area is 109 Å². The highest BCUT2D eigenvalue weighted by molar-refractivity contribution is 5.26. The van der Waals surface area contributed by atoms with Crippen LogP contribution in [-0.4, -0.2) is 48.0 Å². The van der Waals surface area contributed by atoms with Gasteiger partial charge in [-0.2, -0.15) is 13.2 Å². The van der Waals surface area contributed by atoms with Crippen LogP contribution in [0.2, 0.25) is 0 Å². The smallest absolute Gasteiger partial charge is 0.401 e. The molecule has 19 heavy (non-hydrogen) atoms. The predicted molar refractivity (Wildman–Crippen MR) is 63.9 cm³/mol. The number of methoxy groups -OCH3 is 1. The second-order valence-electron chi connectivity index (χ2n) is 4.19. The molecule has 0 aliphatic carbocycles. The zero-order valence-electron chi connectivity index (χ0n) is 10.9. The third-order valence-corrected chi connectivity index (χ3v) is 2.42. The van der Waals surface area contributed by atoms with Crippen LogP contribution in [0.1, 0.15) is 11.4 Å². The molecular weight excluding hydrogens is 261 g/mol. The number of halogens is 3. The quantitative estimate of drug-likeness (QED) is 0.861. The van der Waals surface area contributed by atoms with Crippen molar-refractivity contribution in [3.8, 4) is 5.75 Å². The molecule has 0 aliphatic rings. The average Bonchev–Trinajstić information content (AvgIpc) is 2.26. The summed E-state index contributed by atoms with van der Waals surface area (Å²) in [5.74, 6) is 0.554. The molecule has 0 aromatic carbocycles. The van der Waals surface area contributed by atoms with Crippen molar-refractivity contribution in [2.24, 2.45) is 0 Å². The van der Waals surface area contributed by atoms with Crippen LogP contribution in [0.25, 0.3) is 0 Å². The van der Waals surface area contributed by atoms with E-state index in [1.807, 2.05) is 0 Å². The SMILES string of the molecule is COc1cc(C)nc(CN(CCO)CC(F)(F)F)c1. The van der Waals surface area contributed by atoms with Crippen molar-refractivity contribution in [2.45, 2.75) is 19.6 Å². The Bertz CT molecular complexity index is 410. The summed E-state index contributed by atoms with van der Waals surface area (Å²) in [6, 6.07) is 3.29. The number of aliphatic hydroxyl groups excluding tert-OH is 1. The molecule has 1 heterocycles. The Hall–Kier alpha value is -1.34. The van der Waals surface area contributed by atoms with Gasteiger partial charge in [0.1, 0.15) is 5.75 Å². The highest BCUT2D eigenvalue weighted by atomic mass is 19.4. The number of rotatable bonds is 6. The second-order valence-corrected chi connectivity index (χ2v) is 4.19. The van der Waals surface area contributed by atoms with E-state index in [4.69, 9.17) is 9.84 Å². The van der Waals surface area contributed by atoms with E-state index in [1.165, 1.54) is 7.11 Å². The van der Waals surface area contributed by atoms with Crippen LogP contribution in [0.5, 0.6) is 5.75 Å². The van der Waals surface area contributed by atoms with Crippen molar-refractivity contribution >= 4 is 0 Å². The molecule has 7 heteroatoms. The largest absolute Gasteiger partial charge is 0.497 e. The number of pyridine rings is 1. The van der Waals surface area contributed by atoms with Crippen LogP contribution in [0.15, 0.2) is 12.1 Å². The van der Waals surface area contributed by atoms with Gasteiger partial charge in [-0.15, -0.1) is 0 Å². The summed E-state index contributed by atoms with van der Waals surface area (Å²) in [5.41, 5.74) is 1.15. The molecule has 0 amide bonds. The van der Waals surface area contributed by atoms with Gasteiger partial charge in [-0.1, -0.05) is 0 Å². The molecule has 0 bridgehead atoms. The Balaban J connectivity index is 2.80. The Morgan fingerprint density at radius 2 is 2.05 bits per heavy atom. The van der Waals surface area contributed by atoms with E-state index in [2.05, 4.69) is 4.98 Å². The lowest BCUT2D eigenvalue weighted by atomic mass is 10.2. The third kappa shape index (κ3) is 5.89. The molecule has 0 atom stereocenters. The lowest BCUT2D eigenvalue weighted by molar-refractivity contribution is -0.148. The van der Waals surface area contributed by atoms with Crippen LogP contribution in [0.3, 0.4) is 0 Å². The van der Waals surface area contributed by atoms with Gasteiger partial charge in [-0.3, -0.25) is 9.88 Å². The van der Waals surface area contributed by atoms with Crippen molar-refractivity contribution in [1.29, 1.82) is 0 Å². The molecule has 1 N–H and O–H groups in total. The summed E-state index contributed by atoms with van der Waals surface area (Å²) in [6.07, 6.45) is -4.30. The molecule has 1 rings (SSSR count). The van der Waals surface area contributed by atoms with Crippen LogP contribution >= 0.6 is 0 Å². The fraction of sp³-hybridized carbons (Fsp3) is 0.583. The van der Waals surface area contributed by atoms with E-state index in [-0.39, 0.29) is 19.7 Å². The molecule has 0 unspecified atom stereocenters. The Kier molecular flexibility index (Phi) is 5.56. The van der Waals surface area contributed by atoms with Crippen molar-refractivity contribution in [1.82, 2.24) is 9.88 Å². The maximum atomic E-state index is 12.4. The maximum Gasteiger partial charge on any atom is 0.401 e. The van der Waals surface area contributed by atoms with Gasteiger partial charge in [0.2, 0.25) is 0 Å². The average molecular weight is 278 g/mol. The Morgan fingerprint density at radius 3 is 2.58 bits per heavy atom. The minimum atomic E-state index is -4.30. The van der Waals surface area contributed by atoms with Crippen LogP contribution in [-0.2, 0) is 6.54 Å². The first-order valence-electron chi connectivity index (χ1n) is 5.75. The van der Waals surface area contributed by atoms with Crippen molar-refractivity contribution in [3.05, 3.63) is 23.5 Å². The van der Waals surface area contributed by atoms with Gasteiger partial charge in [0.25, 0.3) is 0 Å². The lowest BCUT2D eigenvalue weighted by Gasteiger charge is -2.22. The predicted octanol–water partition coefficient (Wildman–Crippen LogP) is 1.76. The van der Waals surface area contributed by atoms with E-state index < -0.39 is 12.7 Å². The fourth-order valence-electron chi connectivity index (χ4n) is 1.74. The normalized spacial score (nSPS) is 11.9. The Morgan fingerprint density at radius 1 is 1.37 bits per heavy atom. The number of alkyl halides is 3. The topological polar surface area (TPSA) is 45.6 Å². The summed E-state index contributed by atoms with van der Waals surface area (Å²) in [7, 11) is 1.49. The van der Waals surface area contributed by atoms with E-state index in [0.717, 1.165) is 4.90 Å². The first-order chi connectivity index (χ1) is 8.84. The van der Waals surface area contributed by atoms with Gasteiger partial charge in [-0.05, 0) is 6.92 Å². The van der Waals surface area contributed by atoms with Gasteiger partial charge < -0.3 is 9.84 Å². The molecular formula is C12H17F3N2O2. The monoisotopic (exact) mass is 278 g/mol. The molecule has 0 radical (unpaired) electrons. The molecule has 1 aromatic heterocycles. The van der Waals surface area contributed by atoms with Crippen LogP contribution in [0.4, 0.5) is 13.2 Å². The zero-order chi connectivity index (χ0) is 14.5. The molecule has 0 saturated heterocycles. The van der Waals surface area contributed by atoms with E-state index in [9.17, 15) is 13.2 Å². The van der Waals surface area contributed by atoms with Gasteiger partial charge in [0.05, 0.1) is 26.0 Å². The summed E-state index contributed by atoms with van der Waals surface area (Å²) in [5, 5.41) is 8.81. The number of aryl methyl sites for hydroxylation is 1. The lowest BCUT2D eigenvalue weighted by Crippen LogP contribution is -2.36. The number of aromatic nitrogens is 1. The summed E-state index contributed by atoms with van der Waals surface area (Å²) in [6.45, 7) is 0.284. The van der Waals surface area contributed by atoms with Crippen molar-refractivity contribution in [2.75, 3.05) is 26.8 Å². The highest BCUT2D eigenvalue weighted by Gasteiger charge is 2.30. The molecule has 0 fully saturated rings. The van der Waals surface area contributed by atoms with Gasteiger partial charge in [0.15, 0.2) is 0 Å². The first kappa shape index (κ1) is 15.7. The molecule has 108 valence electrons. The molecule has 4 nitrogen and oxygen atoms in total. The fourth-order valence-corrected chi connectivity index (χ4v) is 1.74. The second kappa shape index (κ2) is 6.72. The first-order valence-corrected chi connectivity index (χ1v) is 5.75. The summed E-state index contributed by atoms with van der Waals surface area (Å²) >= 11 is 0. The third-order valence-electron chi connectivity index (χ3n) is 2.42. The number of ether oxygens (including phenoxy) is 1. The molecule has 0 saturated carbocycles. The van der Waals surface area contributed by atoms with Gasteiger partial charge in [0, 0.05) is 30.9 Å². The molecule has 0 spiro atoms. The minimum absolute atomic E-state index is 0.0120. The standard InChI is InChI=1S/C12H17F3N2O2/c1-9-5-11(19-2)6-10(16-9)7-17(3-4-18)8-12(13,14)15/h5-6,18H,3-4,7-8H2,1-2H3. The van der Waals surface area contributed by atoms with Crippen molar-refractivity contribution in [3.63, 3.8) is 0 Å². The summed E-state index contributed by atoms with van der Waals surface area (Å²) in [4.78, 5) is 5.26. The van der Waals surface area contributed by atoms with Gasteiger partial charge >= 0.3 is 6.18 Å². The minimum Gasteiger partial charge on any atom is -0.497 e. The zero-order valence-corrected chi connectivity index (χ0v) is 10.9. The summed E-state index contributed by atoms with van der Waals surface area (Å²) < 4.78 is 42.2. The van der Waals surface area contributed by atoms with Crippen molar-refractivity contribution < 1.29 is 23.0 Å². The number of aliphatic hydroxyl groups is 1. The van der Waals surface area contributed by atoms with E-state index in [1.54, 1.807) is 19.1 Å². The number of hydrogen-bond donors (Lipinski definition) is 1. The highest BCUT2D eigenvalue weighted by Crippen LogP contribution is 2.19. The van der Waals surface area contributed by atoms with Crippen LogP contribution in [0, 0.1) is 6.92 Å². The van der Waals surface area contributed by atoms with E-state index >= 15 is 0 Å². The molecule has 1 aromatic rings. The molecule has 0 aliphatic heterocycles. The van der Waals surface area contributed by atoms with E-state index in [0.29, 0.717) is 17.1 Å². The number of hydrogen-bond acceptors (Lipinski definition) is 4.